The van der Waals surface area contributed by atoms with Crippen molar-refractivity contribution < 1.29 is 112 Å². The number of phenols is 1. The number of unbranched alkanes of at least 4 members (excludes halogenated alkanes) is 2. The fourth-order valence-electron chi connectivity index (χ4n) is 17.4. The first-order valence-electron chi connectivity index (χ1n) is 47.4. The number of nitrogens with zero attached hydrogens (tertiary/aromatic N) is 6. The van der Waals surface area contributed by atoms with E-state index in [-0.39, 0.29) is 82.5 Å². The fourth-order valence-corrected chi connectivity index (χ4v) is 18.2. The number of aromatic amines is 1. The van der Waals surface area contributed by atoms with Gasteiger partial charge in [0.05, 0.1) is 24.8 Å². The summed E-state index contributed by atoms with van der Waals surface area (Å²) in [5.41, 5.74) is 20.4. The molecule has 16 atom stereocenters. The summed E-state index contributed by atoms with van der Waals surface area (Å²) in [6, 6.07) is -4.45. The molecule has 768 valence electrons. The number of terminal acetylenes is 1. The first-order chi connectivity index (χ1) is 66.9. The first-order valence-corrected chi connectivity index (χ1v) is 48.5. The minimum atomic E-state index is -1.80. The van der Waals surface area contributed by atoms with Crippen LogP contribution in [0.2, 0.25) is 0 Å². The molecule has 2 aromatic heterocycles. The normalized spacial score (nSPS) is 24.4. The standard InChI is InChI=1S/C96H135N21O23S/c1-12-15-26-74-88(131)105-65(37-52(4)5)85(128)111-72(83(126)101-46-79(121)102-64(22-14-3)96(139)140)50-141-51-80(122)103-68(39-55-30-32-58(118)33-31-55)91(134)112(9)54(8)82(125)107-70(43-78(99)120)93(136)116-36-21-29-75(116)89(132)110-71(44-98)87(130)108-67(38-53(6)7)94(137)117-48-59(119)42-77(117)90(133)106-66(40-56-45-100-62-25-19-17-23-60(56)62)86(129)104-63(34-35-97)84(127)109-69(92(135)114(11)76(27-16-13-2)95(138)113(74)10)41-57-47-115(49-81(123)124)73-28-20-18-24-61(57)73/h3,17-20,23-25,28,30-33,45,47,52-54,59,63-72,74-77,100,118-119H,12-13,15-16,21-22,26-27,29,34-44,46,48-51,97-98H2,1-2,4-11H3,(H2,99,120)(H,101,126)(H,102,121)(H,103,122)(H,104,129)(H,105,131)(H,106,133)(H,107,125)(H,108,130)(H,109,127)(H,110,132)(H,111,128)(H,123,124)(H,139,140)/t54-,59+,63-,64-,65-,66-,67-,68-,69-,70-,71-,72-,74-,75-,76-,77-/m0/s1. The van der Waals surface area contributed by atoms with Gasteiger partial charge in [0.15, 0.2) is 0 Å². The van der Waals surface area contributed by atoms with E-state index < -0.39 is 278 Å². The highest BCUT2D eigenvalue weighted by molar-refractivity contribution is 8.00. The molecule has 3 aliphatic heterocycles. The fraction of sp³-hybridized carbons (Fsp3) is 0.552. The monoisotopic (exact) mass is 1980 g/mol. The molecule has 0 spiro atoms. The molecule has 141 heavy (non-hydrogen) atoms. The molecular formula is C96H135N21O23S. The number of carboxylic acid groups (broad SMARTS) is 2. The minimum absolute atomic E-state index is 0.0348. The average Bonchev–Trinajstić information content (AvgIpc) is 1.55. The lowest BCUT2D eigenvalue weighted by atomic mass is 9.99. The molecule has 0 unspecified atom stereocenters. The third-order valence-corrected chi connectivity index (χ3v) is 26.1. The molecule has 0 saturated carbocycles. The van der Waals surface area contributed by atoms with Crippen LogP contribution < -0.4 is 75.7 Å². The van der Waals surface area contributed by atoms with E-state index in [9.17, 15) is 73.2 Å². The van der Waals surface area contributed by atoms with Gasteiger partial charge in [0.2, 0.25) is 100 Å². The number of hydrogen-bond donors (Lipinski definition) is 19. The number of nitrogens with one attached hydrogen (secondary N) is 12. The van der Waals surface area contributed by atoms with Crippen LogP contribution in [-0.2, 0) is 117 Å². The molecule has 0 aliphatic carbocycles. The van der Waals surface area contributed by atoms with Crippen LogP contribution in [0, 0.1) is 24.2 Å². The highest BCUT2D eigenvalue weighted by Crippen LogP contribution is 2.29. The number of H-pyrrole nitrogens is 1. The zero-order chi connectivity index (χ0) is 104. The Balaban J connectivity index is 1.22. The number of nitrogens with two attached hydrogens (primary N) is 3. The Labute approximate surface area is 821 Å². The summed E-state index contributed by atoms with van der Waals surface area (Å²) in [4.78, 5) is 285. The van der Waals surface area contributed by atoms with E-state index >= 15 is 38.4 Å². The number of para-hydroxylation sites is 2. The predicted octanol–water partition coefficient (Wildman–Crippen LogP) is -2.13. The molecule has 0 bridgehead atoms. The van der Waals surface area contributed by atoms with Crippen LogP contribution in [0.5, 0.6) is 5.75 Å². The first kappa shape index (κ1) is 113. The number of phenolic OH excluding ortho intramolecular Hbond substituents is 1. The van der Waals surface area contributed by atoms with E-state index in [1.807, 2.05) is 13.8 Å². The number of carboxylic acids is 2. The summed E-state index contributed by atoms with van der Waals surface area (Å²) in [7, 11) is 3.85. The molecule has 3 fully saturated rings. The molecule has 45 heteroatoms. The van der Waals surface area contributed by atoms with Gasteiger partial charge in [-0.05, 0) is 111 Å². The van der Waals surface area contributed by atoms with Crippen molar-refractivity contribution in [3.05, 3.63) is 102 Å². The smallest absolute Gasteiger partial charge is 0.327 e. The maximum atomic E-state index is 16.0. The van der Waals surface area contributed by atoms with Crippen LogP contribution in [-0.4, -0.2) is 329 Å². The van der Waals surface area contributed by atoms with Crippen LogP contribution >= 0.6 is 11.8 Å². The highest BCUT2D eigenvalue weighted by atomic mass is 32.2. The molecule has 8 rings (SSSR count). The Morgan fingerprint density at radius 2 is 1.13 bits per heavy atom. The number of amides is 17. The molecular weight excluding hydrogens is 1850 g/mol. The maximum Gasteiger partial charge on any atom is 0.327 e. The quantitative estimate of drug-likeness (QED) is 0.0227. The van der Waals surface area contributed by atoms with Crippen molar-refractivity contribution in [2.24, 2.45) is 29.0 Å². The van der Waals surface area contributed by atoms with E-state index in [4.69, 9.17) is 23.6 Å². The Morgan fingerprint density at radius 1 is 0.582 bits per heavy atom. The van der Waals surface area contributed by atoms with Gasteiger partial charge in [-0.15, -0.1) is 24.1 Å². The number of carbonyl (C=O) groups is 19. The van der Waals surface area contributed by atoms with Gasteiger partial charge in [-0.2, -0.15) is 0 Å². The number of aliphatic hydroxyl groups excluding tert-OH is 1. The second kappa shape index (κ2) is 53.6. The lowest BCUT2D eigenvalue weighted by Crippen LogP contribution is -2.62. The minimum Gasteiger partial charge on any atom is -0.508 e. The number of aliphatic hydroxyl groups is 1. The average molecular weight is 1980 g/mol. The van der Waals surface area contributed by atoms with Crippen molar-refractivity contribution in [1.82, 2.24) is 92.5 Å². The third-order valence-electron chi connectivity index (χ3n) is 25.0. The topological polar surface area (TPSA) is 653 Å². The van der Waals surface area contributed by atoms with Crippen molar-refractivity contribution in [2.45, 2.75) is 261 Å². The summed E-state index contributed by atoms with van der Waals surface area (Å²) in [6.07, 6.45) is 5.40. The SMILES string of the molecule is C#CC[C@H](NC(=O)CNC(=O)[C@@H]1CSCC(=O)N[C@@H](Cc2ccc(O)cc2)C(=O)N(C)[C@@H](C)C(=O)N[C@@H](CC(N)=O)C(=O)N2CCC[C@H]2C(=O)N[C@@H](CN)C(=O)N[C@@H](CC(C)C)C(=O)N2C[C@H](O)C[C@H]2C(=O)N[C@@H](Cc2c[nH]c3ccccc23)C(=O)N[C@@H](CCN)C(=O)N[C@@H](Cc2cn(CC(=O)O)c3ccccc23)C(=O)N(C)[C@@H](CCCC)C(=O)N(C)[C@@H](CCCC)C(=O)N[C@@H](CC(C)C)C(=O)N1)C(=O)O. The van der Waals surface area contributed by atoms with Gasteiger partial charge in [-0.25, -0.2) is 4.79 Å². The molecule has 22 N–H and O–H groups in total. The van der Waals surface area contributed by atoms with E-state index in [1.54, 1.807) is 82.4 Å². The number of fused-ring (bicyclic) bond motifs is 4. The van der Waals surface area contributed by atoms with Crippen molar-refractivity contribution in [1.29, 1.82) is 0 Å². The molecule has 0 radical (unpaired) electrons. The number of likely N-dealkylation sites (N-methyl/N-ethyl adjacent to an activating group) is 3. The molecule has 5 heterocycles. The number of thioether (sulfide) groups is 1. The van der Waals surface area contributed by atoms with Crippen LogP contribution in [0.25, 0.3) is 21.8 Å². The third kappa shape index (κ3) is 31.6. The number of primary amides is 1. The van der Waals surface area contributed by atoms with Crippen molar-refractivity contribution in [3.63, 3.8) is 0 Å². The van der Waals surface area contributed by atoms with Gasteiger partial charge >= 0.3 is 11.9 Å². The Kier molecular flexibility index (Phi) is 42.8. The summed E-state index contributed by atoms with van der Waals surface area (Å²) >= 11 is 0.722. The van der Waals surface area contributed by atoms with Crippen molar-refractivity contribution in [2.75, 3.05) is 65.4 Å². The van der Waals surface area contributed by atoms with E-state index in [1.165, 1.54) is 63.1 Å². The van der Waals surface area contributed by atoms with Crippen LogP contribution in [0.1, 0.15) is 155 Å². The predicted molar refractivity (Wildman–Crippen MR) is 519 cm³/mol. The molecule has 5 aromatic rings. The maximum absolute atomic E-state index is 16.0. The second-order valence-electron chi connectivity index (χ2n) is 36.7. The zero-order valence-electron chi connectivity index (χ0n) is 81.1. The number of hydrogen-bond acceptors (Lipinski definition) is 24. The molecule has 3 aromatic carbocycles. The summed E-state index contributed by atoms with van der Waals surface area (Å²) in [5.74, 6) is -19.0. The van der Waals surface area contributed by atoms with E-state index in [2.05, 4.69) is 69.4 Å². The summed E-state index contributed by atoms with van der Waals surface area (Å²) in [6.45, 7) is 8.86. The zero-order valence-corrected chi connectivity index (χ0v) is 81.9. The van der Waals surface area contributed by atoms with Gasteiger partial charge in [-0.3, -0.25) is 86.3 Å². The van der Waals surface area contributed by atoms with Crippen LogP contribution in [0.4, 0.5) is 0 Å². The van der Waals surface area contributed by atoms with E-state index in [0.29, 0.717) is 64.2 Å². The van der Waals surface area contributed by atoms with Crippen molar-refractivity contribution in [3.8, 4) is 18.1 Å². The Hall–Kier alpha value is -13.7. The molecule has 44 nitrogen and oxygen atoms in total. The highest BCUT2D eigenvalue weighted by Gasteiger charge is 2.47. The van der Waals surface area contributed by atoms with Crippen LogP contribution in [0.15, 0.2) is 85.2 Å². The number of carbonyl (C=O) groups excluding carboxylic acids is 17. The summed E-state index contributed by atoms with van der Waals surface area (Å²) in [5, 5.41) is 71.4. The number of aromatic nitrogens is 2. The Morgan fingerprint density at radius 3 is 1.77 bits per heavy atom. The van der Waals surface area contributed by atoms with E-state index in [0.717, 1.165) is 36.3 Å². The van der Waals surface area contributed by atoms with Gasteiger partial charge in [-0.1, -0.05) is 116 Å². The number of rotatable bonds is 29. The van der Waals surface area contributed by atoms with Crippen LogP contribution in [0.3, 0.4) is 0 Å². The van der Waals surface area contributed by atoms with Gasteiger partial charge < -0.3 is 130 Å². The lowest BCUT2D eigenvalue weighted by molar-refractivity contribution is -0.149. The van der Waals surface area contributed by atoms with Gasteiger partial charge in [0, 0.05) is 113 Å². The Bertz CT molecular complexity index is 5370. The second-order valence-corrected chi connectivity index (χ2v) is 37.7. The van der Waals surface area contributed by atoms with Gasteiger partial charge in [0.1, 0.15) is 103 Å². The largest absolute Gasteiger partial charge is 0.508 e. The summed E-state index contributed by atoms with van der Waals surface area (Å²) < 4.78 is 1.43. The number of benzene rings is 3. The van der Waals surface area contributed by atoms with Gasteiger partial charge in [0.25, 0.3) is 0 Å². The lowest BCUT2D eigenvalue weighted by Gasteiger charge is -2.36. The molecule has 3 aliphatic rings. The molecule has 3 saturated heterocycles. The molecule has 17 amide bonds. The van der Waals surface area contributed by atoms with Crippen molar-refractivity contribution >= 4 is 146 Å². The number of aromatic hydroxyl groups is 1. The number of aliphatic carboxylic acids is 2.